The van der Waals surface area contributed by atoms with Gasteiger partial charge in [0.05, 0.1) is 0 Å². The van der Waals surface area contributed by atoms with Crippen LogP contribution in [0.4, 0.5) is 0 Å². The smallest absolute Gasteiger partial charge is 0.0214 e. The molecule has 1 aromatic rings. The van der Waals surface area contributed by atoms with Crippen molar-refractivity contribution in [1.29, 1.82) is 0 Å². The average Bonchev–Trinajstić information content (AvgIpc) is 2.35. The quantitative estimate of drug-likeness (QED) is 0.666. The predicted molar refractivity (Wildman–Crippen MR) is 76.0 cm³/mol. The Morgan fingerprint density at radius 2 is 2.29 bits per heavy atom. The van der Waals surface area contributed by atoms with Gasteiger partial charge in [0.25, 0.3) is 0 Å². The third-order valence-corrected chi connectivity index (χ3v) is 3.75. The fourth-order valence-electron chi connectivity index (χ4n) is 2.36. The molecule has 1 aromatic carbocycles. The van der Waals surface area contributed by atoms with E-state index in [4.69, 9.17) is 0 Å². The van der Waals surface area contributed by atoms with Crippen LogP contribution >= 0.6 is 15.9 Å². The van der Waals surface area contributed by atoms with Crippen molar-refractivity contribution in [1.82, 2.24) is 5.32 Å². The second-order valence-electron chi connectivity index (χ2n) is 4.48. The molecule has 1 unspecified atom stereocenters. The molecule has 0 aromatic heterocycles. The van der Waals surface area contributed by atoms with E-state index in [0.717, 1.165) is 19.4 Å². The topological polar surface area (TPSA) is 12.0 Å². The molecule has 0 aliphatic heterocycles. The zero-order chi connectivity index (χ0) is 12.1. The van der Waals surface area contributed by atoms with E-state index in [0.29, 0.717) is 6.04 Å². The van der Waals surface area contributed by atoms with E-state index < -0.39 is 0 Å². The summed E-state index contributed by atoms with van der Waals surface area (Å²) in [5.41, 5.74) is 3.00. The van der Waals surface area contributed by atoms with Gasteiger partial charge in [0, 0.05) is 23.5 Å². The van der Waals surface area contributed by atoms with Gasteiger partial charge in [-0.3, -0.25) is 0 Å². The lowest BCUT2D eigenvalue weighted by molar-refractivity contribution is 0.464. The summed E-state index contributed by atoms with van der Waals surface area (Å²) in [6, 6.07) is 7.28. The van der Waals surface area contributed by atoms with Crippen molar-refractivity contribution in [2.75, 3.05) is 6.54 Å². The number of aryl methyl sites for hydroxylation is 1. The van der Waals surface area contributed by atoms with Crippen molar-refractivity contribution in [3.63, 3.8) is 0 Å². The van der Waals surface area contributed by atoms with Crippen LogP contribution in [-0.2, 0) is 12.8 Å². The number of benzene rings is 1. The largest absolute Gasteiger partial charge is 0.313 e. The highest BCUT2D eigenvalue weighted by molar-refractivity contribution is 9.10. The van der Waals surface area contributed by atoms with Gasteiger partial charge in [0.1, 0.15) is 0 Å². The van der Waals surface area contributed by atoms with E-state index in [1.807, 2.05) is 6.92 Å². The van der Waals surface area contributed by atoms with Crippen molar-refractivity contribution < 1.29 is 0 Å². The molecular weight excluding hydrogens is 274 g/mol. The Kier molecular flexibility index (Phi) is 4.65. The molecule has 0 amide bonds. The van der Waals surface area contributed by atoms with Gasteiger partial charge in [0.2, 0.25) is 0 Å². The van der Waals surface area contributed by atoms with Crippen LogP contribution in [0.5, 0.6) is 0 Å². The first-order chi connectivity index (χ1) is 8.29. The van der Waals surface area contributed by atoms with Crippen molar-refractivity contribution in [3.8, 4) is 11.8 Å². The Hall–Kier alpha value is -0.780. The van der Waals surface area contributed by atoms with Crippen LogP contribution in [0.2, 0.25) is 0 Å². The monoisotopic (exact) mass is 291 g/mol. The highest BCUT2D eigenvalue weighted by atomic mass is 79.9. The van der Waals surface area contributed by atoms with E-state index in [2.05, 4.69) is 51.3 Å². The summed E-state index contributed by atoms with van der Waals surface area (Å²) >= 11 is 3.53. The summed E-state index contributed by atoms with van der Waals surface area (Å²) in [6.07, 6.45) is 4.54. The fraction of sp³-hybridized carbons (Fsp3) is 0.467. The molecule has 1 aliphatic rings. The van der Waals surface area contributed by atoms with Gasteiger partial charge in [-0.25, -0.2) is 0 Å². The minimum atomic E-state index is 0.627. The standard InChI is InChI=1S/C15H18BrN/c1-2-3-4-9-17-15-8-6-12-10-14(16)7-5-13(12)11-15/h5,7,10,15,17H,4,6,8-9,11H2,1H3. The summed E-state index contributed by atoms with van der Waals surface area (Å²) in [7, 11) is 0. The van der Waals surface area contributed by atoms with E-state index in [1.54, 1.807) is 0 Å². The molecule has 0 radical (unpaired) electrons. The zero-order valence-electron chi connectivity index (χ0n) is 10.2. The Labute approximate surface area is 112 Å². The summed E-state index contributed by atoms with van der Waals surface area (Å²) in [5.74, 6) is 6.03. The minimum absolute atomic E-state index is 0.627. The number of hydrogen-bond acceptors (Lipinski definition) is 1. The predicted octanol–water partition coefficient (Wildman–Crippen LogP) is 3.31. The van der Waals surface area contributed by atoms with Crippen molar-refractivity contribution in [2.24, 2.45) is 0 Å². The van der Waals surface area contributed by atoms with Gasteiger partial charge >= 0.3 is 0 Å². The number of rotatable bonds is 3. The molecular formula is C15H18BrN. The molecule has 0 spiro atoms. The highest BCUT2D eigenvalue weighted by Gasteiger charge is 2.17. The summed E-state index contributed by atoms with van der Waals surface area (Å²) in [5, 5.41) is 3.60. The van der Waals surface area contributed by atoms with Crippen LogP contribution in [0.25, 0.3) is 0 Å². The van der Waals surface area contributed by atoms with Crippen LogP contribution in [0, 0.1) is 11.8 Å². The lowest BCUT2D eigenvalue weighted by atomic mass is 9.88. The van der Waals surface area contributed by atoms with Crippen molar-refractivity contribution >= 4 is 15.9 Å². The first-order valence-corrected chi connectivity index (χ1v) is 6.99. The lowest BCUT2D eigenvalue weighted by Gasteiger charge is -2.25. The molecule has 1 nitrogen and oxygen atoms in total. The van der Waals surface area contributed by atoms with E-state index >= 15 is 0 Å². The van der Waals surface area contributed by atoms with Crippen LogP contribution in [0.1, 0.15) is 30.9 Å². The average molecular weight is 292 g/mol. The molecule has 1 N–H and O–H groups in total. The molecule has 1 aliphatic carbocycles. The van der Waals surface area contributed by atoms with Gasteiger partial charge in [-0.2, -0.15) is 0 Å². The maximum absolute atomic E-state index is 3.60. The molecule has 0 saturated carbocycles. The second-order valence-corrected chi connectivity index (χ2v) is 5.40. The molecule has 17 heavy (non-hydrogen) atoms. The van der Waals surface area contributed by atoms with E-state index in [1.165, 1.54) is 28.4 Å². The molecule has 0 bridgehead atoms. The Morgan fingerprint density at radius 3 is 3.12 bits per heavy atom. The Bertz CT molecular complexity index is 442. The number of hydrogen-bond donors (Lipinski definition) is 1. The van der Waals surface area contributed by atoms with Gasteiger partial charge in [-0.15, -0.1) is 11.8 Å². The minimum Gasteiger partial charge on any atom is -0.313 e. The molecule has 90 valence electrons. The molecule has 1 atom stereocenters. The first-order valence-electron chi connectivity index (χ1n) is 6.20. The van der Waals surface area contributed by atoms with Crippen LogP contribution in [0.15, 0.2) is 22.7 Å². The van der Waals surface area contributed by atoms with Gasteiger partial charge in [-0.1, -0.05) is 22.0 Å². The SMILES string of the molecule is CC#CCCNC1CCc2cc(Br)ccc2C1. The molecule has 0 saturated heterocycles. The Balaban J connectivity index is 1.89. The van der Waals surface area contributed by atoms with Gasteiger partial charge < -0.3 is 5.32 Å². The summed E-state index contributed by atoms with van der Waals surface area (Å²) in [4.78, 5) is 0. The van der Waals surface area contributed by atoms with Crippen molar-refractivity contribution in [3.05, 3.63) is 33.8 Å². The van der Waals surface area contributed by atoms with Crippen LogP contribution in [0.3, 0.4) is 0 Å². The second kappa shape index (κ2) is 6.23. The maximum Gasteiger partial charge on any atom is 0.0214 e. The van der Waals surface area contributed by atoms with Crippen LogP contribution in [-0.4, -0.2) is 12.6 Å². The zero-order valence-corrected chi connectivity index (χ0v) is 11.8. The van der Waals surface area contributed by atoms with Crippen molar-refractivity contribution in [2.45, 2.75) is 38.6 Å². The van der Waals surface area contributed by atoms with E-state index in [9.17, 15) is 0 Å². The highest BCUT2D eigenvalue weighted by Crippen LogP contribution is 2.24. The summed E-state index contributed by atoms with van der Waals surface area (Å²) < 4.78 is 1.20. The molecule has 2 heteroatoms. The molecule has 0 fully saturated rings. The third-order valence-electron chi connectivity index (χ3n) is 3.26. The number of nitrogens with one attached hydrogen (secondary N) is 1. The first kappa shape index (κ1) is 12.7. The normalized spacial score (nSPS) is 18.1. The molecule has 2 rings (SSSR count). The maximum atomic E-state index is 3.60. The van der Waals surface area contributed by atoms with Gasteiger partial charge in [0.15, 0.2) is 0 Å². The Morgan fingerprint density at radius 1 is 1.41 bits per heavy atom. The lowest BCUT2D eigenvalue weighted by Crippen LogP contribution is -2.35. The summed E-state index contributed by atoms with van der Waals surface area (Å²) in [6.45, 7) is 2.91. The number of fused-ring (bicyclic) bond motifs is 1. The molecule has 0 heterocycles. The fourth-order valence-corrected chi connectivity index (χ4v) is 2.77. The van der Waals surface area contributed by atoms with E-state index in [-0.39, 0.29) is 0 Å². The van der Waals surface area contributed by atoms with Crippen LogP contribution < -0.4 is 5.32 Å². The van der Waals surface area contributed by atoms with Gasteiger partial charge in [-0.05, 0) is 49.4 Å². The number of halogens is 1. The third kappa shape index (κ3) is 3.59.